The van der Waals surface area contributed by atoms with Crippen LogP contribution in [0.3, 0.4) is 0 Å². The average Bonchev–Trinajstić information content (AvgIpc) is 3.68. The van der Waals surface area contributed by atoms with Gasteiger partial charge in [-0.15, -0.1) is 16.4 Å². The van der Waals surface area contributed by atoms with E-state index in [1.165, 1.54) is 25.7 Å². The summed E-state index contributed by atoms with van der Waals surface area (Å²) in [5.41, 5.74) is 4.16. The van der Waals surface area contributed by atoms with Crippen molar-refractivity contribution < 1.29 is 23.7 Å². The van der Waals surface area contributed by atoms with E-state index in [1.54, 1.807) is 25.6 Å². The van der Waals surface area contributed by atoms with Crippen molar-refractivity contribution >= 4 is 21.9 Å². The van der Waals surface area contributed by atoms with Crippen LogP contribution in [0.1, 0.15) is 118 Å². The highest BCUT2D eigenvalue weighted by molar-refractivity contribution is 7.16. The molecule has 3 fully saturated rings. The standard InChI is InChI=1S/C43H67N3O5S/c1-10-11-18-45(32-16-19-49-20-17-32)41-42(48-9)44-46-35(26-52-43(41)46)40-38(50-36-21-29(6)12-14-33(36)27(2)3)23-31(25-47-8)24-39(40)51-37-22-30(7)13-15-34(37)28(4)5/h23-24,26-30,32-34,36-37H,10-22,25H2,1-9H3. The number of nitrogens with zero attached hydrogens (tertiary/aromatic N) is 3. The van der Waals surface area contributed by atoms with Crippen LogP contribution in [0, 0.1) is 35.5 Å². The van der Waals surface area contributed by atoms with Crippen LogP contribution in [-0.2, 0) is 16.1 Å². The van der Waals surface area contributed by atoms with E-state index in [2.05, 4.69) is 75.4 Å². The monoisotopic (exact) mass is 737 g/mol. The highest BCUT2D eigenvalue weighted by Gasteiger charge is 2.37. The maximum absolute atomic E-state index is 7.35. The van der Waals surface area contributed by atoms with Gasteiger partial charge in [-0.05, 0) is 98.1 Å². The van der Waals surface area contributed by atoms with Crippen molar-refractivity contribution in [1.29, 1.82) is 0 Å². The molecule has 2 saturated carbocycles. The Hall–Kier alpha value is -2.49. The SMILES string of the molecule is CCCCN(c1c(OC)nn2c(-c3c(OC4CC(C)CCC4C(C)C)cc(COC)cc3OC3CC(C)CCC3C(C)C)csc12)C1CCOCC1. The van der Waals surface area contributed by atoms with Crippen molar-refractivity contribution in [3.63, 3.8) is 0 Å². The molecule has 0 spiro atoms. The molecule has 6 atom stereocenters. The number of thiazole rings is 1. The molecule has 0 amide bonds. The van der Waals surface area contributed by atoms with Crippen molar-refractivity contribution in [2.24, 2.45) is 35.5 Å². The second kappa shape index (κ2) is 17.8. The fourth-order valence-corrected chi connectivity index (χ4v) is 10.3. The number of anilines is 1. The first-order valence-corrected chi connectivity index (χ1v) is 21.4. The second-order valence-electron chi connectivity index (χ2n) is 17.0. The Bertz CT molecular complexity index is 1520. The minimum atomic E-state index is 0.126. The molecule has 0 N–H and O–H groups in total. The number of fused-ring (bicyclic) bond motifs is 1. The summed E-state index contributed by atoms with van der Waals surface area (Å²) in [6.07, 6.45) is 11.5. The van der Waals surface area contributed by atoms with Crippen LogP contribution < -0.4 is 19.1 Å². The lowest BCUT2D eigenvalue weighted by molar-refractivity contribution is 0.0412. The van der Waals surface area contributed by atoms with Crippen LogP contribution >= 0.6 is 11.3 Å². The summed E-state index contributed by atoms with van der Waals surface area (Å²) < 4.78 is 34.5. The lowest BCUT2D eigenvalue weighted by Crippen LogP contribution is -2.40. The molecule has 0 radical (unpaired) electrons. The first-order chi connectivity index (χ1) is 25.1. The molecule has 6 unspecified atom stereocenters. The molecule has 290 valence electrons. The van der Waals surface area contributed by atoms with Crippen LogP contribution in [0.25, 0.3) is 16.1 Å². The van der Waals surface area contributed by atoms with Gasteiger partial charge in [-0.1, -0.05) is 67.7 Å². The Morgan fingerprint density at radius 2 is 1.48 bits per heavy atom. The van der Waals surface area contributed by atoms with Crippen molar-refractivity contribution in [2.45, 2.75) is 138 Å². The van der Waals surface area contributed by atoms with Gasteiger partial charge < -0.3 is 28.6 Å². The minimum Gasteiger partial charge on any atom is -0.489 e. The lowest BCUT2D eigenvalue weighted by atomic mass is 9.75. The van der Waals surface area contributed by atoms with Gasteiger partial charge in [-0.2, -0.15) is 0 Å². The number of ether oxygens (including phenoxy) is 5. The first-order valence-electron chi connectivity index (χ1n) is 20.5. The summed E-state index contributed by atoms with van der Waals surface area (Å²) >= 11 is 1.74. The fourth-order valence-electron chi connectivity index (χ4n) is 9.32. The summed E-state index contributed by atoms with van der Waals surface area (Å²) in [5, 5.41) is 7.50. The summed E-state index contributed by atoms with van der Waals surface area (Å²) in [6.45, 7) is 19.5. The van der Waals surface area contributed by atoms with Gasteiger partial charge in [-0.3, -0.25) is 0 Å². The number of unbranched alkanes of at least 4 members (excludes halogenated alkanes) is 1. The maximum Gasteiger partial charge on any atom is 0.258 e. The van der Waals surface area contributed by atoms with E-state index in [0.717, 1.165) is 97.1 Å². The number of hydrogen-bond acceptors (Lipinski definition) is 8. The molecule has 1 aromatic carbocycles. The van der Waals surface area contributed by atoms with E-state index in [1.807, 2.05) is 0 Å². The molecule has 8 nitrogen and oxygen atoms in total. The van der Waals surface area contributed by atoms with Crippen molar-refractivity contribution in [2.75, 3.05) is 38.9 Å². The smallest absolute Gasteiger partial charge is 0.258 e. The summed E-state index contributed by atoms with van der Waals surface area (Å²) in [4.78, 5) is 3.67. The third-order valence-corrected chi connectivity index (χ3v) is 13.3. The predicted molar refractivity (Wildman–Crippen MR) is 213 cm³/mol. The van der Waals surface area contributed by atoms with Crippen molar-refractivity contribution in [3.8, 4) is 28.6 Å². The highest BCUT2D eigenvalue weighted by atomic mass is 32.1. The second-order valence-corrected chi connectivity index (χ2v) is 17.8. The minimum absolute atomic E-state index is 0.126. The molecule has 6 rings (SSSR count). The molecule has 2 aromatic heterocycles. The maximum atomic E-state index is 7.35. The van der Waals surface area contributed by atoms with Gasteiger partial charge in [0.25, 0.3) is 5.88 Å². The van der Waals surface area contributed by atoms with Crippen LogP contribution in [0.4, 0.5) is 5.69 Å². The molecule has 2 aliphatic carbocycles. The third kappa shape index (κ3) is 8.57. The zero-order valence-electron chi connectivity index (χ0n) is 33.6. The van der Waals surface area contributed by atoms with Gasteiger partial charge >= 0.3 is 0 Å². The zero-order valence-corrected chi connectivity index (χ0v) is 34.4. The molecule has 52 heavy (non-hydrogen) atoms. The quantitative estimate of drug-likeness (QED) is 0.154. The molecule has 3 heterocycles. The van der Waals surface area contributed by atoms with Gasteiger partial charge in [0.15, 0.2) is 0 Å². The van der Waals surface area contributed by atoms with Gasteiger partial charge in [0, 0.05) is 38.3 Å². The molecular weight excluding hydrogens is 671 g/mol. The summed E-state index contributed by atoms with van der Waals surface area (Å²) in [5.74, 6) is 5.76. The van der Waals surface area contributed by atoms with Crippen LogP contribution in [0.2, 0.25) is 0 Å². The molecule has 9 heteroatoms. The topological polar surface area (TPSA) is 66.7 Å². The number of methoxy groups -OCH3 is 2. The predicted octanol–water partition coefficient (Wildman–Crippen LogP) is 10.7. The molecular formula is C43H67N3O5S. The van der Waals surface area contributed by atoms with Gasteiger partial charge in [0.05, 0.1) is 25.0 Å². The Morgan fingerprint density at radius 1 is 0.885 bits per heavy atom. The zero-order chi connectivity index (χ0) is 36.9. The van der Waals surface area contributed by atoms with E-state index in [-0.39, 0.29) is 12.2 Å². The number of hydrogen-bond donors (Lipinski definition) is 0. The Labute approximate surface area is 317 Å². The Kier molecular flexibility index (Phi) is 13.4. The first kappa shape index (κ1) is 39.2. The van der Waals surface area contributed by atoms with Gasteiger partial charge in [-0.25, -0.2) is 4.52 Å². The van der Waals surface area contributed by atoms with E-state index in [4.69, 9.17) is 28.8 Å². The molecule has 0 bridgehead atoms. The van der Waals surface area contributed by atoms with Gasteiger partial charge in [0.1, 0.15) is 34.2 Å². The number of rotatable bonds is 15. The van der Waals surface area contributed by atoms with E-state index >= 15 is 0 Å². The molecule has 1 aliphatic heterocycles. The van der Waals surface area contributed by atoms with Crippen LogP contribution in [-0.4, -0.2) is 61.8 Å². The molecule has 3 aliphatic rings. The molecule has 3 aromatic rings. The number of benzene rings is 1. The van der Waals surface area contributed by atoms with E-state index in [0.29, 0.717) is 54.0 Å². The Balaban J connectivity index is 1.53. The van der Waals surface area contributed by atoms with Crippen LogP contribution in [0.5, 0.6) is 17.4 Å². The number of aromatic nitrogens is 2. The van der Waals surface area contributed by atoms with E-state index < -0.39 is 0 Å². The normalized spacial score (nSPS) is 26.0. The van der Waals surface area contributed by atoms with Gasteiger partial charge in [0.2, 0.25) is 0 Å². The third-order valence-electron chi connectivity index (χ3n) is 12.3. The van der Waals surface area contributed by atoms with Crippen molar-refractivity contribution in [1.82, 2.24) is 9.61 Å². The average molecular weight is 738 g/mol. The summed E-state index contributed by atoms with van der Waals surface area (Å²) in [6, 6.07) is 4.82. The fraction of sp³-hybridized carbons (Fsp3) is 0.744. The highest BCUT2D eigenvalue weighted by Crippen LogP contribution is 2.49. The van der Waals surface area contributed by atoms with Crippen molar-refractivity contribution in [3.05, 3.63) is 23.1 Å². The largest absolute Gasteiger partial charge is 0.489 e. The molecule has 1 saturated heterocycles. The van der Waals surface area contributed by atoms with Crippen LogP contribution in [0.15, 0.2) is 17.5 Å². The lowest BCUT2D eigenvalue weighted by Gasteiger charge is -2.39. The Morgan fingerprint density at radius 3 is 2.00 bits per heavy atom. The summed E-state index contributed by atoms with van der Waals surface area (Å²) in [7, 11) is 3.53. The van der Waals surface area contributed by atoms with E-state index in [9.17, 15) is 0 Å².